The van der Waals surface area contributed by atoms with E-state index in [1.165, 1.54) is 24.3 Å². The number of aromatic hydroxyl groups is 2. The first-order valence-corrected chi connectivity index (χ1v) is 10.4. The van der Waals surface area contributed by atoms with Gasteiger partial charge in [-0.15, -0.1) is 0 Å². The van der Waals surface area contributed by atoms with Gasteiger partial charge < -0.3 is 10.2 Å². The molecule has 4 aromatic rings. The molecule has 0 fully saturated rings. The Kier molecular flexibility index (Phi) is 6.00. The van der Waals surface area contributed by atoms with Crippen LogP contribution in [0.2, 0.25) is 0 Å². The number of phenolic OH excluding ortho intramolecular Hbond substituents is 2. The van der Waals surface area contributed by atoms with Gasteiger partial charge in [0, 0.05) is 11.1 Å². The highest BCUT2D eigenvalue weighted by atomic mass is 19.4. The Balaban J connectivity index is 1.88. The molecule has 0 unspecified atom stereocenters. The van der Waals surface area contributed by atoms with Crippen LogP contribution in [0.3, 0.4) is 0 Å². The van der Waals surface area contributed by atoms with Gasteiger partial charge in [0.25, 0.3) is 0 Å². The molecule has 35 heavy (non-hydrogen) atoms. The van der Waals surface area contributed by atoms with Gasteiger partial charge in [0.2, 0.25) is 5.41 Å². The van der Waals surface area contributed by atoms with Crippen molar-refractivity contribution in [1.29, 1.82) is 0 Å². The van der Waals surface area contributed by atoms with Crippen molar-refractivity contribution in [3.05, 3.63) is 108 Å². The summed E-state index contributed by atoms with van der Waals surface area (Å²) >= 11 is 0. The molecular formula is C27H18F6O2. The highest BCUT2D eigenvalue weighted by Gasteiger charge is 2.72. The van der Waals surface area contributed by atoms with Crippen LogP contribution in [0.25, 0.3) is 22.3 Å². The molecule has 0 saturated heterocycles. The third kappa shape index (κ3) is 4.09. The zero-order valence-electron chi connectivity index (χ0n) is 17.9. The zero-order chi connectivity index (χ0) is 25.4. The first-order valence-electron chi connectivity index (χ1n) is 10.4. The van der Waals surface area contributed by atoms with Crippen molar-refractivity contribution < 1.29 is 36.6 Å². The summed E-state index contributed by atoms with van der Waals surface area (Å²) in [5.74, 6) is -0.309. The topological polar surface area (TPSA) is 40.5 Å². The normalized spacial score (nSPS) is 12.5. The van der Waals surface area contributed by atoms with E-state index in [2.05, 4.69) is 0 Å². The molecule has 0 amide bonds. The van der Waals surface area contributed by atoms with E-state index < -0.39 is 28.9 Å². The predicted molar refractivity (Wildman–Crippen MR) is 120 cm³/mol. The molecule has 0 spiro atoms. The lowest BCUT2D eigenvalue weighted by Gasteiger charge is -2.38. The minimum absolute atomic E-state index is 0.155. The average Bonchev–Trinajstić information content (AvgIpc) is 2.79. The number of para-hydroxylation sites is 2. The smallest absolute Gasteiger partial charge is 0.411 e. The summed E-state index contributed by atoms with van der Waals surface area (Å²) in [5, 5.41) is 20.0. The minimum atomic E-state index is -5.72. The first-order chi connectivity index (χ1) is 16.5. The Morgan fingerprint density at radius 1 is 0.429 bits per heavy atom. The van der Waals surface area contributed by atoms with E-state index in [1.807, 2.05) is 0 Å². The molecule has 4 aromatic carbocycles. The second kappa shape index (κ2) is 8.69. The van der Waals surface area contributed by atoms with Gasteiger partial charge in [-0.05, 0) is 34.4 Å². The maximum atomic E-state index is 14.4. The SMILES string of the molecule is Oc1ccccc1-c1ccc(C(c2ccc(-c3ccccc3O)cc2)(C(F)(F)F)C(F)(F)F)cc1. The summed E-state index contributed by atoms with van der Waals surface area (Å²) in [4.78, 5) is 0. The Labute approximate surface area is 196 Å². The highest BCUT2D eigenvalue weighted by molar-refractivity contribution is 5.72. The van der Waals surface area contributed by atoms with Crippen molar-refractivity contribution in [2.45, 2.75) is 17.8 Å². The maximum Gasteiger partial charge on any atom is 0.411 e. The predicted octanol–water partition coefficient (Wildman–Crippen LogP) is 7.84. The number of alkyl halides is 6. The van der Waals surface area contributed by atoms with E-state index in [9.17, 15) is 36.6 Å². The molecule has 4 rings (SSSR count). The Morgan fingerprint density at radius 2 is 0.743 bits per heavy atom. The van der Waals surface area contributed by atoms with Crippen molar-refractivity contribution in [3.63, 3.8) is 0 Å². The van der Waals surface area contributed by atoms with Crippen LogP contribution >= 0.6 is 0 Å². The van der Waals surface area contributed by atoms with Crippen LogP contribution in [0.4, 0.5) is 26.3 Å². The lowest BCUT2D eigenvalue weighted by molar-refractivity contribution is -0.288. The van der Waals surface area contributed by atoms with E-state index in [-0.39, 0.29) is 33.8 Å². The Bertz CT molecular complexity index is 1220. The van der Waals surface area contributed by atoms with E-state index >= 15 is 0 Å². The molecular weight excluding hydrogens is 470 g/mol. The molecule has 0 heterocycles. The van der Waals surface area contributed by atoms with Gasteiger partial charge in [0.05, 0.1) is 0 Å². The van der Waals surface area contributed by atoms with E-state index in [1.54, 1.807) is 24.3 Å². The van der Waals surface area contributed by atoms with Gasteiger partial charge >= 0.3 is 12.4 Å². The molecule has 0 saturated carbocycles. The summed E-state index contributed by atoms with van der Waals surface area (Å²) in [6, 6.07) is 19.6. The van der Waals surface area contributed by atoms with Gasteiger partial charge in [0.15, 0.2) is 0 Å². The van der Waals surface area contributed by atoms with Crippen LogP contribution in [-0.2, 0) is 5.41 Å². The highest BCUT2D eigenvalue weighted by Crippen LogP contribution is 2.56. The lowest BCUT2D eigenvalue weighted by Crippen LogP contribution is -2.54. The number of halogens is 6. The van der Waals surface area contributed by atoms with E-state index in [4.69, 9.17) is 0 Å². The van der Waals surface area contributed by atoms with Crippen molar-refractivity contribution in [2.24, 2.45) is 0 Å². The van der Waals surface area contributed by atoms with Gasteiger partial charge in [0.1, 0.15) is 11.5 Å². The standard InChI is InChI=1S/C27H18F6O2/c28-26(29,30)25(27(31,32)33,19-13-9-17(10-14-19)21-5-1-3-7-23(21)34)20-15-11-18(12-16-20)22-6-2-4-8-24(22)35/h1-16,34-35H. The number of phenols is 2. The molecule has 0 aliphatic rings. The van der Waals surface area contributed by atoms with Crippen molar-refractivity contribution in [1.82, 2.24) is 0 Å². The maximum absolute atomic E-state index is 14.4. The molecule has 0 aromatic heterocycles. The Morgan fingerprint density at radius 3 is 1.03 bits per heavy atom. The van der Waals surface area contributed by atoms with Gasteiger partial charge in [-0.2, -0.15) is 26.3 Å². The van der Waals surface area contributed by atoms with Crippen LogP contribution in [0.15, 0.2) is 97.1 Å². The van der Waals surface area contributed by atoms with Crippen LogP contribution in [0, 0.1) is 0 Å². The zero-order valence-corrected chi connectivity index (χ0v) is 17.9. The molecule has 0 bridgehead atoms. The largest absolute Gasteiger partial charge is 0.507 e. The van der Waals surface area contributed by atoms with Crippen LogP contribution in [-0.4, -0.2) is 22.6 Å². The number of rotatable bonds is 4. The second-order valence-electron chi connectivity index (χ2n) is 7.93. The molecule has 2 N–H and O–H groups in total. The number of hydrogen-bond donors (Lipinski definition) is 2. The number of hydrogen-bond acceptors (Lipinski definition) is 2. The fourth-order valence-corrected chi connectivity index (χ4v) is 4.22. The van der Waals surface area contributed by atoms with Crippen LogP contribution in [0.1, 0.15) is 11.1 Å². The van der Waals surface area contributed by atoms with Gasteiger partial charge in [-0.25, -0.2) is 0 Å². The summed E-state index contributed by atoms with van der Waals surface area (Å²) in [6.07, 6.45) is -11.4. The summed E-state index contributed by atoms with van der Waals surface area (Å²) < 4.78 is 86.5. The fraction of sp³-hybridized carbons (Fsp3) is 0.111. The van der Waals surface area contributed by atoms with Crippen molar-refractivity contribution >= 4 is 0 Å². The van der Waals surface area contributed by atoms with Crippen LogP contribution in [0.5, 0.6) is 11.5 Å². The van der Waals surface area contributed by atoms with E-state index in [0.29, 0.717) is 0 Å². The third-order valence-corrected chi connectivity index (χ3v) is 5.92. The quantitative estimate of drug-likeness (QED) is 0.287. The average molecular weight is 488 g/mol. The molecule has 0 aliphatic heterocycles. The summed E-state index contributed by atoms with van der Waals surface area (Å²) in [6.45, 7) is 0. The van der Waals surface area contributed by atoms with Gasteiger partial charge in [-0.3, -0.25) is 0 Å². The van der Waals surface area contributed by atoms with Gasteiger partial charge in [-0.1, -0.05) is 84.9 Å². The monoisotopic (exact) mass is 488 g/mol. The van der Waals surface area contributed by atoms with E-state index in [0.717, 1.165) is 48.5 Å². The first kappa shape index (κ1) is 24.2. The van der Waals surface area contributed by atoms with Crippen molar-refractivity contribution in [3.8, 4) is 33.8 Å². The molecule has 0 aliphatic carbocycles. The second-order valence-corrected chi connectivity index (χ2v) is 7.93. The lowest BCUT2D eigenvalue weighted by atomic mass is 9.72. The fourth-order valence-electron chi connectivity index (χ4n) is 4.22. The molecule has 0 radical (unpaired) electrons. The number of benzene rings is 4. The minimum Gasteiger partial charge on any atom is -0.507 e. The summed E-state index contributed by atoms with van der Waals surface area (Å²) in [7, 11) is 0. The molecule has 8 heteroatoms. The van der Waals surface area contributed by atoms with Crippen molar-refractivity contribution in [2.75, 3.05) is 0 Å². The third-order valence-electron chi connectivity index (χ3n) is 5.92. The molecule has 2 nitrogen and oxygen atoms in total. The van der Waals surface area contributed by atoms with Crippen LogP contribution < -0.4 is 0 Å². The molecule has 0 atom stereocenters. The summed E-state index contributed by atoms with van der Waals surface area (Å²) in [5.41, 5.74) is -5.24. The molecule has 180 valence electrons. The Hall–Kier alpha value is -3.94.